The second-order valence-corrected chi connectivity index (χ2v) is 4.65. The lowest BCUT2D eigenvalue weighted by atomic mass is 10.2. The van der Waals surface area contributed by atoms with Crippen molar-refractivity contribution in [3.63, 3.8) is 0 Å². The first-order valence-corrected chi connectivity index (χ1v) is 5.84. The smallest absolute Gasteiger partial charge is 0.339 e. The number of halogens is 1. The largest absolute Gasteiger partial charge is 0.478 e. The highest BCUT2D eigenvalue weighted by atomic mass is 79.9. The molecule has 0 saturated heterocycles. The minimum absolute atomic E-state index is 0.224. The van der Waals surface area contributed by atoms with E-state index >= 15 is 0 Å². The highest BCUT2D eigenvalue weighted by molar-refractivity contribution is 9.10. The Morgan fingerprint density at radius 3 is 2.65 bits per heavy atom. The summed E-state index contributed by atoms with van der Waals surface area (Å²) in [7, 11) is 0. The second kappa shape index (κ2) is 4.33. The number of carboxylic acids is 1. The second-order valence-electron chi connectivity index (χ2n) is 3.79. The number of carboxylic acid groups (broad SMARTS) is 1. The van der Waals surface area contributed by atoms with Crippen molar-refractivity contribution < 1.29 is 9.90 Å². The number of aromatic nitrogens is 2. The van der Waals surface area contributed by atoms with Crippen molar-refractivity contribution in [3.8, 4) is 5.69 Å². The van der Waals surface area contributed by atoms with E-state index in [1.165, 1.54) is 6.20 Å². The van der Waals surface area contributed by atoms with Crippen molar-refractivity contribution in [1.29, 1.82) is 0 Å². The van der Waals surface area contributed by atoms with Crippen LogP contribution in [0.25, 0.3) is 5.69 Å². The lowest BCUT2D eigenvalue weighted by molar-refractivity contribution is 0.0696. The summed E-state index contributed by atoms with van der Waals surface area (Å²) in [5, 5.41) is 13.1. The van der Waals surface area contributed by atoms with Crippen LogP contribution in [0.15, 0.2) is 28.9 Å². The van der Waals surface area contributed by atoms with Gasteiger partial charge in [0.05, 0.1) is 17.6 Å². The van der Waals surface area contributed by atoms with E-state index in [0.717, 1.165) is 15.7 Å². The zero-order valence-electron chi connectivity index (χ0n) is 9.44. The normalized spacial score (nSPS) is 10.5. The van der Waals surface area contributed by atoms with Gasteiger partial charge in [0.1, 0.15) is 5.56 Å². The molecule has 5 heteroatoms. The van der Waals surface area contributed by atoms with Crippen LogP contribution < -0.4 is 0 Å². The third kappa shape index (κ3) is 2.10. The Hall–Kier alpha value is -1.62. The summed E-state index contributed by atoms with van der Waals surface area (Å²) in [6.45, 7) is 3.73. The molecule has 1 aromatic carbocycles. The number of rotatable bonds is 2. The molecule has 0 fully saturated rings. The molecule has 17 heavy (non-hydrogen) atoms. The van der Waals surface area contributed by atoms with Crippen molar-refractivity contribution in [3.05, 3.63) is 45.7 Å². The molecule has 2 rings (SSSR count). The average Bonchev–Trinajstić information content (AvgIpc) is 2.64. The third-order valence-electron chi connectivity index (χ3n) is 2.64. The fourth-order valence-electron chi connectivity index (χ4n) is 1.59. The molecule has 0 radical (unpaired) electrons. The molecular formula is C12H11BrN2O2. The van der Waals surface area contributed by atoms with Crippen LogP contribution in [0.1, 0.15) is 21.6 Å². The Balaban J connectivity index is 2.53. The maximum absolute atomic E-state index is 10.9. The molecule has 1 N–H and O–H groups in total. The van der Waals surface area contributed by atoms with Crippen molar-refractivity contribution in [2.45, 2.75) is 13.8 Å². The van der Waals surface area contributed by atoms with E-state index in [9.17, 15) is 4.79 Å². The van der Waals surface area contributed by atoms with E-state index < -0.39 is 5.97 Å². The Bertz CT molecular complexity index is 590. The Morgan fingerprint density at radius 1 is 1.41 bits per heavy atom. The van der Waals surface area contributed by atoms with Crippen molar-refractivity contribution in [1.82, 2.24) is 9.78 Å². The van der Waals surface area contributed by atoms with E-state index in [4.69, 9.17) is 5.11 Å². The molecule has 0 aliphatic rings. The summed E-state index contributed by atoms with van der Waals surface area (Å²) >= 11 is 3.45. The van der Waals surface area contributed by atoms with Crippen LogP contribution in [0, 0.1) is 13.8 Å². The lowest BCUT2D eigenvalue weighted by Gasteiger charge is -2.06. The highest BCUT2D eigenvalue weighted by Gasteiger charge is 2.13. The number of hydrogen-bond donors (Lipinski definition) is 1. The lowest BCUT2D eigenvalue weighted by Crippen LogP contribution is -2.02. The van der Waals surface area contributed by atoms with E-state index in [2.05, 4.69) is 21.0 Å². The first-order valence-electron chi connectivity index (χ1n) is 5.05. The van der Waals surface area contributed by atoms with Crippen molar-refractivity contribution in [2.75, 3.05) is 0 Å². The molecule has 88 valence electrons. The predicted molar refractivity (Wildman–Crippen MR) is 67.7 cm³/mol. The minimum atomic E-state index is -0.958. The van der Waals surface area contributed by atoms with Crippen molar-refractivity contribution >= 4 is 21.9 Å². The zero-order valence-corrected chi connectivity index (χ0v) is 11.0. The molecule has 0 amide bonds. The maximum atomic E-state index is 10.9. The molecule has 0 atom stereocenters. The fraction of sp³-hybridized carbons (Fsp3) is 0.167. The van der Waals surface area contributed by atoms with Gasteiger partial charge in [-0.05, 0) is 31.5 Å². The van der Waals surface area contributed by atoms with Gasteiger partial charge in [0.15, 0.2) is 0 Å². The van der Waals surface area contributed by atoms with Gasteiger partial charge in [-0.25, -0.2) is 9.48 Å². The van der Waals surface area contributed by atoms with Gasteiger partial charge in [-0.2, -0.15) is 5.10 Å². The van der Waals surface area contributed by atoms with Crippen LogP contribution in [-0.4, -0.2) is 20.9 Å². The summed E-state index contributed by atoms with van der Waals surface area (Å²) in [6.07, 6.45) is 1.37. The Kier molecular flexibility index (Phi) is 3.02. The van der Waals surface area contributed by atoms with Crippen LogP contribution in [-0.2, 0) is 0 Å². The summed E-state index contributed by atoms with van der Waals surface area (Å²) < 4.78 is 2.59. The Morgan fingerprint density at radius 2 is 2.12 bits per heavy atom. The maximum Gasteiger partial charge on any atom is 0.339 e. The molecule has 1 aromatic heterocycles. The number of aromatic carboxylic acids is 1. The van der Waals surface area contributed by atoms with Gasteiger partial charge in [-0.15, -0.1) is 0 Å². The van der Waals surface area contributed by atoms with Crippen molar-refractivity contribution in [2.24, 2.45) is 0 Å². The van der Waals surface area contributed by atoms with Gasteiger partial charge >= 0.3 is 5.97 Å². The fourth-order valence-corrected chi connectivity index (χ4v) is 1.96. The van der Waals surface area contributed by atoms with E-state index in [-0.39, 0.29) is 5.56 Å². The van der Waals surface area contributed by atoms with Crippen LogP contribution in [0.4, 0.5) is 0 Å². The quantitative estimate of drug-likeness (QED) is 0.926. The number of aryl methyl sites for hydroxylation is 1. The van der Waals surface area contributed by atoms with Crippen LogP contribution in [0.2, 0.25) is 0 Å². The van der Waals surface area contributed by atoms with E-state index in [1.807, 2.05) is 25.1 Å². The molecule has 0 unspecified atom stereocenters. The molecule has 0 aliphatic heterocycles. The number of nitrogens with zero attached hydrogens (tertiary/aromatic N) is 2. The van der Waals surface area contributed by atoms with Crippen LogP contribution in [0.5, 0.6) is 0 Å². The van der Waals surface area contributed by atoms with Gasteiger partial charge in [0.2, 0.25) is 0 Å². The minimum Gasteiger partial charge on any atom is -0.478 e. The van der Waals surface area contributed by atoms with Gasteiger partial charge < -0.3 is 5.11 Å². The summed E-state index contributed by atoms with van der Waals surface area (Å²) in [4.78, 5) is 10.9. The predicted octanol–water partition coefficient (Wildman–Crippen LogP) is 2.95. The van der Waals surface area contributed by atoms with Gasteiger partial charge in [0, 0.05) is 4.47 Å². The SMILES string of the molecule is Cc1ccc(-n2ncc(C(=O)O)c2C)cc1Br. The average molecular weight is 295 g/mol. The van der Waals surface area contributed by atoms with Crippen LogP contribution in [0.3, 0.4) is 0 Å². The van der Waals surface area contributed by atoms with E-state index in [1.54, 1.807) is 11.6 Å². The number of hydrogen-bond acceptors (Lipinski definition) is 2. The van der Waals surface area contributed by atoms with Gasteiger partial charge in [-0.3, -0.25) is 0 Å². The molecular weight excluding hydrogens is 284 g/mol. The summed E-state index contributed by atoms with van der Waals surface area (Å²) in [5.74, 6) is -0.958. The first-order chi connectivity index (χ1) is 8.00. The molecule has 1 heterocycles. The van der Waals surface area contributed by atoms with E-state index in [0.29, 0.717) is 5.69 Å². The summed E-state index contributed by atoms with van der Waals surface area (Å²) in [5.41, 5.74) is 2.81. The van der Waals surface area contributed by atoms with Gasteiger partial charge in [-0.1, -0.05) is 22.0 Å². The monoisotopic (exact) mass is 294 g/mol. The molecule has 0 spiro atoms. The highest BCUT2D eigenvalue weighted by Crippen LogP contribution is 2.21. The first kappa shape index (κ1) is 11.9. The number of benzene rings is 1. The molecule has 2 aromatic rings. The molecule has 0 aliphatic carbocycles. The molecule has 4 nitrogen and oxygen atoms in total. The Labute approximate surface area is 107 Å². The standard InChI is InChI=1S/C12H11BrN2O2/c1-7-3-4-9(5-11(7)13)15-8(2)10(6-14-15)12(16)17/h3-6H,1-2H3,(H,16,17). The third-order valence-corrected chi connectivity index (χ3v) is 3.49. The van der Waals surface area contributed by atoms with Gasteiger partial charge in [0.25, 0.3) is 0 Å². The molecule has 0 bridgehead atoms. The molecule has 0 saturated carbocycles. The zero-order chi connectivity index (χ0) is 12.6. The topological polar surface area (TPSA) is 55.1 Å². The van der Waals surface area contributed by atoms with Crippen LogP contribution >= 0.6 is 15.9 Å². The summed E-state index contributed by atoms with van der Waals surface area (Å²) in [6, 6.07) is 5.79. The number of carbonyl (C=O) groups is 1.